The van der Waals surface area contributed by atoms with Gasteiger partial charge in [0.05, 0.1) is 5.60 Å². The summed E-state index contributed by atoms with van der Waals surface area (Å²) in [6.07, 6.45) is 6.57. The third-order valence-electron chi connectivity index (χ3n) is 6.19. The van der Waals surface area contributed by atoms with E-state index >= 15 is 0 Å². The van der Waals surface area contributed by atoms with Gasteiger partial charge in [-0.05, 0) is 26.2 Å². The van der Waals surface area contributed by atoms with Crippen LogP contribution in [0, 0.1) is 5.41 Å². The van der Waals surface area contributed by atoms with E-state index in [1.807, 2.05) is 11.1 Å². The zero-order valence-electron chi connectivity index (χ0n) is 14.6. The van der Waals surface area contributed by atoms with E-state index in [-0.39, 0.29) is 23.1 Å². The summed E-state index contributed by atoms with van der Waals surface area (Å²) in [5, 5.41) is 3.21. The Hall–Kier alpha value is -1.56. The molecule has 1 aliphatic heterocycles. The fourth-order valence-corrected chi connectivity index (χ4v) is 3.85. The number of nitrogens with zero attached hydrogens (tertiary/aromatic N) is 2. The van der Waals surface area contributed by atoms with Gasteiger partial charge in [0.1, 0.15) is 5.82 Å². The summed E-state index contributed by atoms with van der Waals surface area (Å²) >= 11 is 0. The Balaban J connectivity index is 1.59. The number of H-pyrrole nitrogens is 1. The zero-order chi connectivity index (χ0) is 16.7. The van der Waals surface area contributed by atoms with Gasteiger partial charge in [-0.15, -0.1) is 0 Å². The van der Waals surface area contributed by atoms with Crippen molar-refractivity contribution in [2.45, 2.75) is 57.6 Å². The lowest BCUT2D eigenvalue weighted by atomic mass is 9.56. The third kappa shape index (κ3) is 2.73. The molecule has 0 radical (unpaired) electrons. The average Bonchev–Trinajstić information content (AvgIpc) is 3.08. The van der Waals surface area contributed by atoms with Crippen LogP contribution in [0.2, 0.25) is 0 Å². The van der Waals surface area contributed by atoms with Crippen LogP contribution in [0.15, 0.2) is 12.4 Å². The minimum atomic E-state index is -0.163. The van der Waals surface area contributed by atoms with Crippen molar-refractivity contribution in [3.05, 3.63) is 18.2 Å². The van der Waals surface area contributed by atoms with E-state index in [0.717, 1.165) is 38.2 Å². The number of piperidine rings is 1. The number of imidazole rings is 1. The van der Waals surface area contributed by atoms with Gasteiger partial charge in [0, 0.05) is 50.0 Å². The highest BCUT2D eigenvalue weighted by Gasteiger charge is 2.58. The first-order valence-corrected chi connectivity index (χ1v) is 8.47. The Morgan fingerprint density at radius 2 is 2.26 bits per heavy atom. The number of hydrogen-bond donors (Lipinski definition) is 2. The number of carbonyl (C=O) groups excluding carboxylic acids is 1. The summed E-state index contributed by atoms with van der Waals surface area (Å²) in [7, 11) is 1.75. The number of aromatic amines is 1. The first-order valence-electron chi connectivity index (χ1n) is 8.47. The van der Waals surface area contributed by atoms with Gasteiger partial charge in [0.15, 0.2) is 0 Å². The molecule has 1 aromatic rings. The normalized spacial score (nSPS) is 33.1. The standard InChI is InChI=1S/C17H28N4O2/c1-16(2)13(10-17(16,3)23-4)20-15(22)21-9-5-6-12(11-21)14-18-7-8-19-14/h7-8,12-13H,5-6,9-11H2,1-4H3,(H,18,19)(H,20,22)/t12-,13+,17-/m1/s1. The predicted molar refractivity (Wildman–Crippen MR) is 88.3 cm³/mol. The van der Waals surface area contributed by atoms with E-state index in [2.05, 4.69) is 36.1 Å². The molecule has 0 bridgehead atoms. The van der Waals surface area contributed by atoms with Crippen molar-refractivity contribution in [3.8, 4) is 0 Å². The number of carbonyl (C=O) groups is 1. The lowest BCUT2D eigenvalue weighted by Crippen LogP contribution is -2.69. The minimum absolute atomic E-state index is 0.0393. The largest absolute Gasteiger partial charge is 0.378 e. The van der Waals surface area contributed by atoms with E-state index in [0.29, 0.717) is 5.92 Å². The van der Waals surface area contributed by atoms with E-state index in [9.17, 15) is 4.79 Å². The number of urea groups is 1. The van der Waals surface area contributed by atoms with Crippen LogP contribution < -0.4 is 5.32 Å². The quantitative estimate of drug-likeness (QED) is 0.899. The maximum absolute atomic E-state index is 12.6. The lowest BCUT2D eigenvalue weighted by Gasteiger charge is -2.59. The fraction of sp³-hybridized carbons (Fsp3) is 0.765. The van der Waals surface area contributed by atoms with Crippen molar-refractivity contribution < 1.29 is 9.53 Å². The molecule has 1 aliphatic carbocycles. The molecule has 1 saturated carbocycles. The van der Waals surface area contributed by atoms with Crippen molar-refractivity contribution in [1.82, 2.24) is 20.2 Å². The van der Waals surface area contributed by atoms with Crippen LogP contribution in [0.4, 0.5) is 4.79 Å². The number of amides is 2. The average molecular weight is 320 g/mol. The zero-order valence-corrected chi connectivity index (χ0v) is 14.6. The lowest BCUT2D eigenvalue weighted by molar-refractivity contribution is -0.177. The van der Waals surface area contributed by atoms with Crippen LogP contribution in [0.25, 0.3) is 0 Å². The summed E-state index contributed by atoms with van der Waals surface area (Å²) in [5.74, 6) is 1.29. The molecule has 2 fully saturated rings. The molecule has 2 N–H and O–H groups in total. The molecule has 0 unspecified atom stereocenters. The fourth-order valence-electron chi connectivity index (χ4n) is 3.85. The van der Waals surface area contributed by atoms with Gasteiger partial charge < -0.3 is 19.9 Å². The van der Waals surface area contributed by atoms with Crippen molar-refractivity contribution >= 4 is 6.03 Å². The smallest absolute Gasteiger partial charge is 0.317 e. The highest BCUT2D eigenvalue weighted by atomic mass is 16.5. The monoisotopic (exact) mass is 320 g/mol. The van der Waals surface area contributed by atoms with Crippen molar-refractivity contribution in [2.75, 3.05) is 20.2 Å². The maximum Gasteiger partial charge on any atom is 0.317 e. The second kappa shape index (κ2) is 5.82. The molecule has 0 spiro atoms. The van der Waals surface area contributed by atoms with E-state index in [1.54, 1.807) is 13.3 Å². The molecule has 0 aromatic carbocycles. The molecule has 2 heterocycles. The Morgan fingerprint density at radius 1 is 1.48 bits per heavy atom. The van der Waals surface area contributed by atoms with Gasteiger partial charge in [-0.3, -0.25) is 0 Å². The van der Waals surface area contributed by atoms with E-state index in [4.69, 9.17) is 4.74 Å². The highest BCUT2D eigenvalue weighted by Crippen LogP contribution is 2.51. The Morgan fingerprint density at radius 3 is 2.87 bits per heavy atom. The number of nitrogens with one attached hydrogen (secondary N) is 2. The summed E-state index contributed by atoms with van der Waals surface area (Å²) in [6.45, 7) is 7.98. The molecule has 6 nitrogen and oxygen atoms in total. The number of ether oxygens (including phenoxy) is 1. The Kier molecular flexibility index (Phi) is 4.12. The Bertz CT molecular complexity index is 557. The first kappa shape index (κ1) is 16.3. The van der Waals surface area contributed by atoms with Crippen LogP contribution in [-0.4, -0.2) is 52.7 Å². The van der Waals surface area contributed by atoms with Crippen LogP contribution in [0.5, 0.6) is 0 Å². The van der Waals surface area contributed by atoms with Gasteiger partial charge >= 0.3 is 6.03 Å². The maximum atomic E-state index is 12.6. The minimum Gasteiger partial charge on any atom is -0.378 e. The number of hydrogen-bond acceptors (Lipinski definition) is 3. The van der Waals surface area contributed by atoms with Gasteiger partial charge in [-0.25, -0.2) is 9.78 Å². The van der Waals surface area contributed by atoms with Gasteiger partial charge in [-0.2, -0.15) is 0 Å². The summed E-state index contributed by atoms with van der Waals surface area (Å²) in [6, 6.07) is 0.196. The molecular formula is C17H28N4O2. The van der Waals surface area contributed by atoms with E-state index < -0.39 is 0 Å². The molecular weight excluding hydrogens is 292 g/mol. The van der Waals surface area contributed by atoms with Gasteiger partial charge in [0.2, 0.25) is 0 Å². The molecule has 128 valence electrons. The predicted octanol–water partition coefficient (Wildman–Crippen LogP) is 2.50. The van der Waals surface area contributed by atoms with Crippen LogP contribution in [0.1, 0.15) is 51.8 Å². The Labute approximate surface area is 138 Å². The highest BCUT2D eigenvalue weighted by molar-refractivity contribution is 5.75. The molecule has 2 aliphatic rings. The molecule has 3 rings (SSSR count). The molecule has 23 heavy (non-hydrogen) atoms. The van der Waals surface area contributed by atoms with Gasteiger partial charge in [-0.1, -0.05) is 13.8 Å². The van der Waals surface area contributed by atoms with E-state index in [1.165, 1.54) is 0 Å². The molecule has 6 heteroatoms. The first-order chi connectivity index (χ1) is 10.9. The number of aromatic nitrogens is 2. The topological polar surface area (TPSA) is 70.2 Å². The third-order valence-corrected chi connectivity index (χ3v) is 6.19. The number of likely N-dealkylation sites (tertiary alicyclic amines) is 1. The molecule has 1 saturated heterocycles. The van der Waals surface area contributed by atoms with Crippen molar-refractivity contribution in [1.29, 1.82) is 0 Å². The molecule has 3 atom stereocenters. The summed E-state index contributed by atoms with van der Waals surface area (Å²) in [5.41, 5.74) is -0.225. The van der Waals surface area contributed by atoms with Crippen LogP contribution in [-0.2, 0) is 4.74 Å². The second-order valence-corrected chi connectivity index (χ2v) is 7.62. The number of methoxy groups -OCH3 is 1. The van der Waals surface area contributed by atoms with Gasteiger partial charge in [0.25, 0.3) is 0 Å². The number of rotatable bonds is 3. The molecule has 2 amide bonds. The second-order valence-electron chi connectivity index (χ2n) is 7.62. The summed E-state index contributed by atoms with van der Waals surface area (Å²) in [4.78, 5) is 22.1. The van der Waals surface area contributed by atoms with Crippen molar-refractivity contribution in [3.63, 3.8) is 0 Å². The SMILES string of the molecule is CO[C@]1(C)C[C@H](NC(=O)N2CCC[C@@H](c3ncc[nH]3)C2)C1(C)C. The molecule has 1 aromatic heterocycles. The summed E-state index contributed by atoms with van der Waals surface area (Å²) < 4.78 is 5.63. The van der Waals surface area contributed by atoms with Crippen LogP contribution >= 0.6 is 0 Å². The van der Waals surface area contributed by atoms with Crippen LogP contribution in [0.3, 0.4) is 0 Å². The van der Waals surface area contributed by atoms with Crippen molar-refractivity contribution in [2.24, 2.45) is 5.41 Å².